The Morgan fingerprint density at radius 1 is 0.451 bits per heavy atom. The summed E-state index contributed by atoms with van der Waals surface area (Å²) in [5, 5.41) is 8.72. The molecule has 0 saturated carbocycles. The van der Waals surface area contributed by atoms with E-state index in [0.29, 0.717) is 0 Å². The van der Waals surface area contributed by atoms with Gasteiger partial charge in [-0.05, 0) is 76.2 Å². The molecule has 0 radical (unpaired) electrons. The van der Waals surface area contributed by atoms with Gasteiger partial charge in [0, 0.05) is 16.9 Å². The van der Waals surface area contributed by atoms with E-state index in [-0.39, 0.29) is 0 Å². The third-order valence-corrected chi connectivity index (χ3v) is 8.39. The van der Waals surface area contributed by atoms with Crippen LogP contribution in [-0.2, 0) is 12.8 Å². The second-order valence-corrected chi connectivity index (χ2v) is 12.1. The zero-order chi connectivity index (χ0) is 36.7. The Kier molecular flexibility index (Phi) is 18.4. The third-order valence-electron chi connectivity index (χ3n) is 8.39. The summed E-state index contributed by atoms with van der Waals surface area (Å²) >= 11 is 0. The van der Waals surface area contributed by atoms with Crippen LogP contribution in [0.1, 0.15) is 77.5 Å². The molecule has 0 aliphatic carbocycles. The maximum absolute atomic E-state index is 3.72. The Bertz CT molecular complexity index is 1940. The summed E-state index contributed by atoms with van der Waals surface area (Å²) < 4.78 is 0. The molecule has 0 unspecified atom stereocenters. The second kappa shape index (κ2) is 23.3. The van der Waals surface area contributed by atoms with Crippen molar-refractivity contribution in [3.8, 4) is 11.1 Å². The lowest BCUT2D eigenvalue weighted by atomic mass is 9.94. The van der Waals surface area contributed by atoms with Crippen LogP contribution in [0.25, 0.3) is 32.7 Å². The maximum Gasteiger partial charge on any atom is 0.0470 e. The minimum absolute atomic E-state index is 1.04. The van der Waals surface area contributed by atoms with Crippen molar-refractivity contribution in [3.63, 3.8) is 0 Å². The number of aryl methyl sites for hydroxylation is 3. The number of unbranched alkanes of at least 4 members (excludes halogenated alkanes) is 2. The van der Waals surface area contributed by atoms with Gasteiger partial charge in [0.2, 0.25) is 0 Å². The summed E-state index contributed by atoms with van der Waals surface area (Å²) in [5.41, 5.74) is 8.76. The highest BCUT2D eigenvalue weighted by atomic mass is 14.9. The van der Waals surface area contributed by atoms with Crippen LogP contribution in [0.5, 0.6) is 0 Å². The lowest BCUT2D eigenvalue weighted by Gasteiger charge is -2.16. The molecule has 1 heteroatoms. The number of hydrogen-bond acceptors (Lipinski definition) is 1. The third kappa shape index (κ3) is 12.9. The van der Waals surface area contributed by atoms with Gasteiger partial charge >= 0.3 is 0 Å². The predicted molar refractivity (Wildman–Crippen MR) is 230 cm³/mol. The van der Waals surface area contributed by atoms with Gasteiger partial charge in [0.1, 0.15) is 0 Å². The number of nitrogens with one attached hydrogen (secondary N) is 1. The van der Waals surface area contributed by atoms with Gasteiger partial charge in [-0.2, -0.15) is 0 Å². The molecule has 0 aliphatic heterocycles. The van der Waals surface area contributed by atoms with Crippen LogP contribution < -0.4 is 5.32 Å². The van der Waals surface area contributed by atoms with Crippen molar-refractivity contribution in [1.29, 1.82) is 0 Å². The van der Waals surface area contributed by atoms with E-state index in [1.165, 1.54) is 68.6 Å². The summed E-state index contributed by atoms with van der Waals surface area (Å²) in [4.78, 5) is 0. The van der Waals surface area contributed by atoms with Crippen molar-refractivity contribution in [2.45, 2.75) is 80.6 Å². The fourth-order valence-electron chi connectivity index (χ4n) is 5.77. The molecule has 0 amide bonds. The molecule has 7 aromatic rings. The highest BCUT2D eigenvalue weighted by Gasteiger charge is 2.11. The van der Waals surface area contributed by atoms with Crippen LogP contribution in [0.4, 0.5) is 11.4 Å². The topological polar surface area (TPSA) is 12.0 Å². The smallest absolute Gasteiger partial charge is 0.0470 e. The predicted octanol–water partition coefficient (Wildman–Crippen LogP) is 15.4. The molecule has 0 fully saturated rings. The molecule has 264 valence electrons. The van der Waals surface area contributed by atoms with Crippen molar-refractivity contribution < 1.29 is 0 Å². The van der Waals surface area contributed by atoms with E-state index in [9.17, 15) is 0 Å². The minimum atomic E-state index is 1.04. The van der Waals surface area contributed by atoms with Crippen molar-refractivity contribution >= 4 is 32.9 Å². The molecule has 51 heavy (non-hydrogen) atoms. The Morgan fingerprint density at radius 3 is 1.53 bits per heavy atom. The lowest BCUT2D eigenvalue weighted by Crippen LogP contribution is -1.95. The maximum atomic E-state index is 3.72. The Hall–Kier alpha value is -5.14. The molecule has 0 heterocycles. The van der Waals surface area contributed by atoms with E-state index in [0.717, 1.165) is 24.2 Å². The molecule has 0 spiro atoms. The molecule has 7 aromatic carbocycles. The molecule has 0 bridgehead atoms. The monoisotopic (exact) mass is 673 g/mol. The van der Waals surface area contributed by atoms with Gasteiger partial charge < -0.3 is 5.32 Å². The van der Waals surface area contributed by atoms with E-state index in [1.807, 2.05) is 45.9 Å². The summed E-state index contributed by atoms with van der Waals surface area (Å²) in [5.74, 6) is 0. The van der Waals surface area contributed by atoms with Crippen LogP contribution in [0.2, 0.25) is 0 Å². The van der Waals surface area contributed by atoms with Crippen LogP contribution in [-0.4, -0.2) is 0 Å². The Balaban J connectivity index is 0.000000369. The van der Waals surface area contributed by atoms with E-state index in [2.05, 4.69) is 172 Å². The van der Waals surface area contributed by atoms with Crippen molar-refractivity contribution in [2.75, 3.05) is 5.32 Å². The fraction of sp³-hybridized carbons (Fsp3) is 0.240. The first kappa shape index (κ1) is 40.3. The van der Waals surface area contributed by atoms with Crippen LogP contribution >= 0.6 is 0 Å². The zero-order valence-electron chi connectivity index (χ0n) is 32.1. The molecular weight excluding hydrogens is 615 g/mol. The van der Waals surface area contributed by atoms with Gasteiger partial charge in [-0.25, -0.2) is 0 Å². The SMILES string of the molecule is CC.CC.CCCCC.Cc1ccccc1.c1ccc(CCc2ccc(-c3c(Nc4ccc5ccccc5c4)ccc4ccccc34)cc2)cc1. The average Bonchev–Trinajstić information content (AvgIpc) is 3.20. The highest BCUT2D eigenvalue weighted by Crippen LogP contribution is 2.37. The normalized spacial score (nSPS) is 9.86. The van der Waals surface area contributed by atoms with Crippen LogP contribution in [0.15, 0.2) is 164 Å². The average molecular weight is 674 g/mol. The highest BCUT2D eigenvalue weighted by molar-refractivity contribution is 6.03. The quantitative estimate of drug-likeness (QED) is 0.169. The number of rotatable bonds is 8. The standard InChI is InChI=1S/C34H27N.C7H8.C5H12.2C2H6/c1-2-8-25(9-3-1)14-15-26-16-18-29(19-17-26)34-32-13-7-6-11-28(32)21-23-33(34)35-31-22-20-27-10-4-5-12-30(27)24-31;1-7-5-3-2-4-6-7;1-3-5-4-2;2*1-2/h1-13,16-24,35H,14-15H2;2-6H,1H3;3-5H2,1-2H3;2*1-2H3. The van der Waals surface area contributed by atoms with Crippen LogP contribution in [0, 0.1) is 6.92 Å². The molecule has 7 rings (SSSR count). The van der Waals surface area contributed by atoms with Crippen LogP contribution in [0.3, 0.4) is 0 Å². The molecule has 0 saturated heterocycles. The second-order valence-electron chi connectivity index (χ2n) is 12.1. The Morgan fingerprint density at radius 2 is 0.961 bits per heavy atom. The summed E-state index contributed by atoms with van der Waals surface area (Å²) in [7, 11) is 0. The Labute approximate surface area is 309 Å². The van der Waals surface area contributed by atoms with Gasteiger partial charge in [0.25, 0.3) is 0 Å². The van der Waals surface area contributed by atoms with Gasteiger partial charge in [-0.3, -0.25) is 0 Å². The largest absolute Gasteiger partial charge is 0.355 e. The first-order chi connectivity index (χ1) is 25.1. The van der Waals surface area contributed by atoms with Crippen molar-refractivity contribution in [3.05, 3.63) is 180 Å². The lowest BCUT2D eigenvalue weighted by molar-refractivity contribution is 0.772. The van der Waals surface area contributed by atoms with Gasteiger partial charge in [0.05, 0.1) is 0 Å². The fourth-order valence-corrected chi connectivity index (χ4v) is 5.77. The molecule has 1 N–H and O–H groups in total. The first-order valence-electron chi connectivity index (χ1n) is 19.1. The van der Waals surface area contributed by atoms with Gasteiger partial charge in [0.15, 0.2) is 0 Å². The van der Waals surface area contributed by atoms with Crippen molar-refractivity contribution in [1.82, 2.24) is 0 Å². The van der Waals surface area contributed by atoms with E-state index in [4.69, 9.17) is 0 Å². The van der Waals surface area contributed by atoms with E-state index >= 15 is 0 Å². The van der Waals surface area contributed by atoms with E-state index in [1.54, 1.807) is 0 Å². The van der Waals surface area contributed by atoms with Gasteiger partial charge in [-0.1, -0.05) is 212 Å². The van der Waals surface area contributed by atoms with Crippen molar-refractivity contribution in [2.24, 2.45) is 0 Å². The summed E-state index contributed by atoms with van der Waals surface area (Å²) in [6, 6.07) is 58.2. The molecule has 0 aromatic heterocycles. The van der Waals surface area contributed by atoms with E-state index < -0.39 is 0 Å². The molecule has 0 atom stereocenters. The summed E-state index contributed by atoms with van der Waals surface area (Å²) in [6.07, 6.45) is 6.18. The zero-order valence-corrected chi connectivity index (χ0v) is 32.1. The number of benzene rings is 7. The van der Waals surface area contributed by atoms with Gasteiger partial charge in [-0.15, -0.1) is 0 Å². The number of anilines is 2. The number of hydrogen-bond donors (Lipinski definition) is 1. The molecular formula is C50H59N. The molecule has 0 aliphatic rings. The number of fused-ring (bicyclic) bond motifs is 2. The first-order valence-corrected chi connectivity index (χ1v) is 19.1. The minimum Gasteiger partial charge on any atom is -0.355 e. The summed E-state index contributed by atoms with van der Waals surface area (Å²) in [6.45, 7) is 14.5. The molecule has 1 nitrogen and oxygen atoms in total.